The van der Waals surface area contributed by atoms with Gasteiger partial charge in [-0.3, -0.25) is 0 Å². The molecule has 0 radical (unpaired) electrons. The molecular weight excluding hydrogens is 508 g/mol. The molecule has 0 aromatic heterocycles. The topological polar surface area (TPSA) is 205 Å². The number of phenolic OH excluding ortho intramolecular Hbond substituents is 1. The first-order chi connectivity index (χ1) is 17.9. The highest BCUT2D eigenvalue weighted by Gasteiger charge is 2.66. The monoisotopic (exact) mass is 540 g/mol. The number of carbonyl (C=O) groups excluding carboxylic acids is 1. The number of aromatic hydroxyl groups is 1. The van der Waals surface area contributed by atoms with Gasteiger partial charge in [-0.25, -0.2) is 4.79 Å². The fraction of sp³-hybridized carbons (Fsp3) is 0.560. The number of benzene rings is 1. The van der Waals surface area contributed by atoms with Crippen LogP contribution in [0.15, 0.2) is 36.6 Å². The predicted octanol–water partition coefficient (Wildman–Crippen LogP) is -1.49. The van der Waals surface area contributed by atoms with Crippen molar-refractivity contribution in [2.75, 3.05) is 13.7 Å². The summed E-state index contributed by atoms with van der Waals surface area (Å²) < 4.78 is 27.3. The number of rotatable bonds is 7. The molecule has 2 heterocycles. The Kier molecular flexibility index (Phi) is 8.02. The Bertz CT molecular complexity index is 1070. The minimum absolute atomic E-state index is 0.0743. The van der Waals surface area contributed by atoms with E-state index >= 15 is 0 Å². The summed E-state index contributed by atoms with van der Waals surface area (Å²) in [6.45, 7) is 0.789. The van der Waals surface area contributed by atoms with Gasteiger partial charge in [-0.1, -0.05) is 6.07 Å². The number of aliphatic hydroxyl groups excluding tert-OH is 5. The van der Waals surface area contributed by atoms with E-state index < -0.39 is 72.8 Å². The highest BCUT2D eigenvalue weighted by molar-refractivity contribution is 5.87. The van der Waals surface area contributed by atoms with Crippen LogP contribution >= 0.6 is 0 Å². The summed E-state index contributed by atoms with van der Waals surface area (Å²) in [6.07, 6.45) is -6.16. The summed E-state index contributed by atoms with van der Waals surface area (Å²) in [5.41, 5.74) is -2.98. The summed E-state index contributed by atoms with van der Waals surface area (Å²) in [4.78, 5) is 12.8. The van der Waals surface area contributed by atoms with Gasteiger partial charge in [-0.2, -0.15) is 0 Å². The zero-order valence-corrected chi connectivity index (χ0v) is 20.7. The molecule has 210 valence electrons. The number of carbonyl (C=O) groups is 1. The van der Waals surface area contributed by atoms with Crippen LogP contribution in [0.5, 0.6) is 11.5 Å². The number of ether oxygens (including phenoxy) is 5. The van der Waals surface area contributed by atoms with Crippen LogP contribution in [-0.2, 0) is 23.7 Å². The molecule has 4 rings (SSSR count). The van der Waals surface area contributed by atoms with Crippen molar-refractivity contribution >= 4 is 12.0 Å². The third-order valence-corrected chi connectivity index (χ3v) is 7.17. The molecule has 0 spiro atoms. The Labute approximate surface area is 217 Å². The second-order valence-electron chi connectivity index (χ2n) is 9.72. The fourth-order valence-electron chi connectivity index (χ4n) is 5.15. The first kappa shape index (κ1) is 28.3. The van der Waals surface area contributed by atoms with Crippen molar-refractivity contribution in [2.24, 2.45) is 5.92 Å². The maximum atomic E-state index is 12.8. The van der Waals surface area contributed by atoms with Gasteiger partial charge < -0.3 is 59.4 Å². The normalized spacial score (nSPS) is 40.5. The highest BCUT2D eigenvalue weighted by Crippen LogP contribution is 2.51. The molecule has 3 aliphatic rings. The standard InChI is InChI=1S/C25H32O13/c1-24(38-17(29)6-4-12-3-5-13(27)14(9-12)34-2)10-16(28)25(33)7-8-35-23(21(24)25)37-22-20(32)19(31)18(30)15(11-26)36-22/h3-9,15-16,18-23,26-28,30-33H,10-11H2,1-2H3/b6-4+/t15-,16+,18-,19+,20-,21?,22+,23?,24-,25+/m0/s1. The largest absolute Gasteiger partial charge is 0.504 e. The molecule has 1 saturated carbocycles. The average Bonchev–Trinajstić information content (AvgIpc) is 3.08. The summed E-state index contributed by atoms with van der Waals surface area (Å²) in [7, 11) is 1.38. The molecule has 13 nitrogen and oxygen atoms in total. The van der Waals surface area contributed by atoms with E-state index in [2.05, 4.69) is 0 Å². The number of esters is 1. The molecule has 2 fully saturated rings. The molecule has 1 aliphatic carbocycles. The maximum Gasteiger partial charge on any atom is 0.331 e. The molecule has 1 aromatic carbocycles. The van der Waals surface area contributed by atoms with E-state index in [1.807, 2.05) is 0 Å². The first-order valence-corrected chi connectivity index (χ1v) is 11.9. The first-order valence-electron chi connectivity index (χ1n) is 11.9. The van der Waals surface area contributed by atoms with Crippen LogP contribution < -0.4 is 4.74 Å². The van der Waals surface area contributed by atoms with Crippen molar-refractivity contribution in [1.29, 1.82) is 0 Å². The van der Waals surface area contributed by atoms with Crippen molar-refractivity contribution in [3.63, 3.8) is 0 Å². The number of phenols is 1. The van der Waals surface area contributed by atoms with Crippen LogP contribution in [-0.4, -0.2) is 110 Å². The molecule has 0 bridgehead atoms. The molecule has 7 N–H and O–H groups in total. The Morgan fingerprint density at radius 1 is 1.16 bits per heavy atom. The van der Waals surface area contributed by atoms with Crippen LogP contribution in [0, 0.1) is 5.92 Å². The zero-order valence-electron chi connectivity index (χ0n) is 20.7. The van der Waals surface area contributed by atoms with Crippen molar-refractivity contribution in [3.05, 3.63) is 42.2 Å². The molecule has 0 amide bonds. The van der Waals surface area contributed by atoms with Gasteiger partial charge in [-0.05, 0) is 36.8 Å². The summed E-state index contributed by atoms with van der Waals surface area (Å²) in [6, 6.07) is 4.44. The van der Waals surface area contributed by atoms with E-state index in [0.717, 1.165) is 12.3 Å². The SMILES string of the molecule is COc1cc(/C=C/C(=O)O[C@@]2(C)C[C@@H](O)[C@]3(O)C=COC(O[C@H]4O[C@@H](CO)[C@H](O)[C@@H](O)[C@@H]4O)C23)ccc1O. The van der Waals surface area contributed by atoms with Gasteiger partial charge in [0.25, 0.3) is 0 Å². The van der Waals surface area contributed by atoms with Gasteiger partial charge in [0.05, 0.1) is 32.0 Å². The third kappa shape index (κ3) is 5.11. The van der Waals surface area contributed by atoms with Crippen molar-refractivity contribution in [2.45, 2.75) is 67.6 Å². The van der Waals surface area contributed by atoms with Gasteiger partial charge in [-0.15, -0.1) is 0 Å². The van der Waals surface area contributed by atoms with Gasteiger partial charge in [0.1, 0.15) is 35.6 Å². The van der Waals surface area contributed by atoms with E-state index in [9.17, 15) is 40.5 Å². The molecule has 1 saturated heterocycles. The Morgan fingerprint density at radius 3 is 2.58 bits per heavy atom. The van der Waals surface area contributed by atoms with Crippen LogP contribution in [0.25, 0.3) is 6.08 Å². The van der Waals surface area contributed by atoms with Crippen LogP contribution in [0.1, 0.15) is 18.9 Å². The van der Waals surface area contributed by atoms with Gasteiger partial charge in [0, 0.05) is 12.5 Å². The Hall–Kier alpha value is -2.75. The van der Waals surface area contributed by atoms with Crippen molar-refractivity contribution in [3.8, 4) is 11.5 Å². The molecule has 13 heteroatoms. The van der Waals surface area contributed by atoms with Crippen LogP contribution in [0.4, 0.5) is 0 Å². The number of fused-ring (bicyclic) bond motifs is 1. The lowest BCUT2D eigenvalue weighted by atomic mass is 9.81. The summed E-state index contributed by atoms with van der Waals surface area (Å²) in [5.74, 6) is -1.92. The minimum Gasteiger partial charge on any atom is -0.504 e. The number of hydrogen-bond acceptors (Lipinski definition) is 13. The van der Waals surface area contributed by atoms with Gasteiger partial charge in [0.15, 0.2) is 17.8 Å². The molecule has 2 aliphatic heterocycles. The molecule has 10 atom stereocenters. The number of methoxy groups -OCH3 is 1. The molecule has 2 unspecified atom stereocenters. The van der Waals surface area contributed by atoms with Crippen molar-refractivity contribution < 1.29 is 64.2 Å². The van der Waals surface area contributed by atoms with E-state index in [4.69, 9.17) is 23.7 Å². The molecule has 1 aromatic rings. The number of aliphatic hydroxyl groups is 6. The average molecular weight is 541 g/mol. The lowest BCUT2D eigenvalue weighted by molar-refractivity contribution is -0.351. The minimum atomic E-state index is -1.96. The number of hydrogen-bond donors (Lipinski definition) is 7. The quantitative estimate of drug-likeness (QED) is 0.156. The zero-order chi connectivity index (χ0) is 27.8. The van der Waals surface area contributed by atoms with E-state index in [1.165, 1.54) is 38.3 Å². The van der Waals surface area contributed by atoms with Crippen LogP contribution in [0.3, 0.4) is 0 Å². The smallest absolute Gasteiger partial charge is 0.331 e. The van der Waals surface area contributed by atoms with Gasteiger partial charge in [0.2, 0.25) is 6.29 Å². The van der Waals surface area contributed by atoms with Crippen LogP contribution in [0.2, 0.25) is 0 Å². The Morgan fingerprint density at radius 2 is 1.89 bits per heavy atom. The second-order valence-corrected chi connectivity index (χ2v) is 9.72. The van der Waals surface area contributed by atoms with E-state index in [1.54, 1.807) is 6.07 Å². The van der Waals surface area contributed by atoms with Crippen molar-refractivity contribution in [1.82, 2.24) is 0 Å². The maximum absolute atomic E-state index is 12.8. The predicted molar refractivity (Wildman–Crippen MR) is 126 cm³/mol. The highest BCUT2D eigenvalue weighted by atomic mass is 16.8. The van der Waals surface area contributed by atoms with Gasteiger partial charge >= 0.3 is 5.97 Å². The fourth-order valence-corrected chi connectivity index (χ4v) is 5.15. The summed E-state index contributed by atoms with van der Waals surface area (Å²) in [5, 5.41) is 71.7. The third-order valence-electron chi connectivity index (χ3n) is 7.17. The summed E-state index contributed by atoms with van der Waals surface area (Å²) >= 11 is 0. The van der Waals surface area contributed by atoms with E-state index in [0.29, 0.717) is 5.56 Å². The lowest BCUT2D eigenvalue weighted by Crippen LogP contribution is -2.62. The molecule has 38 heavy (non-hydrogen) atoms. The Balaban J connectivity index is 1.54. The lowest BCUT2D eigenvalue weighted by Gasteiger charge is -2.45. The second kappa shape index (κ2) is 10.8. The van der Waals surface area contributed by atoms with E-state index in [-0.39, 0.29) is 17.9 Å². The molecular formula is C25H32O13.